The van der Waals surface area contributed by atoms with Crippen molar-refractivity contribution in [2.45, 2.75) is 45.4 Å². The minimum atomic E-state index is -0.202. The number of aromatic nitrogens is 1. The van der Waals surface area contributed by atoms with Crippen LogP contribution in [0.15, 0.2) is 34.9 Å². The number of nitrogens with zero attached hydrogens (tertiary/aromatic N) is 2. The Morgan fingerprint density at radius 1 is 1.36 bits per heavy atom. The lowest BCUT2D eigenvalue weighted by molar-refractivity contribution is 0.0658. The number of piperidine rings is 1. The van der Waals surface area contributed by atoms with Crippen LogP contribution >= 0.6 is 0 Å². The molecule has 2 aromatic rings. The molecule has 1 aliphatic heterocycles. The number of hydrogen-bond acceptors (Lipinski definition) is 3. The number of carbonyl (C=O) groups excluding carboxylic acids is 1. The van der Waals surface area contributed by atoms with Crippen LogP contribution in [0.4, 0.5) is 4.39 Å². The van der Waals surface area contributed by atoms with Gasteiger partial charge in [-0.3, -0.25) is 4.79 Å². The van der Waals surface area contributed by atoms with Crippen LogP contribution in [0.3, 0.4) is 0 Å². The predicted molar refractivity (Wildman–Crippen MR) is 93.9 cm³/mol. The van der Waals surface area contributed by atoms with E-state index < -0.39 is 0 Å². The molecular weight excluding hydrogens is 319 g/mol. The zero-order chi connectivity index (χ0) is 17.8. The smallest absolute Gasteiger partial charge is 0.276 e. The molecule has 134 valence electrons. The highest BCUT2D eigenvalue weighted by atomic mass is 19.1. The van der Waals surface area contributed by atoms with Crippen LogP contribution in [0.5, 0.6) is 0 Å². The molecule has 0 radical (unpaired) electrons. The van der Waals surface area contributed by atoms with Crippen LogP contribution in [-0.2, 0) is 6.42 Å². The highest BCUT2D eigenvalue weighted by Crippen LogP contribution is 2.24. The number of hydrogen-bond donors (Lipinski definition) is 0. The lowest BCUT2D eigenvalue weighted by Gasteiger charge is -2.32. The van der Waals surface area contributed by atoms with Crippen LogP contribution in [0, 0.1) is 11.7 Å². The molecule has 0 bridgehead atoms. The van der Waals surface area contributed by atoms with E-state index in [1.165, 1.54) is 12.1 Å². The van der Waals surface area contributed by atoms with Crippen molar-refractivity contribution in [1.82, 2.24) is 10.1 Å². The molecule has 0 N–H and O–H groups in total. The third kappa shape index (κ3) is 4.47. The van der Waals surface area contributed by atoms with E-state index in [-0.39, 0.29) is 17.6 Å². The van der Waals surface area contributed by atoms with E-state index in [2.05, 4.69) is 5.16 Å². The standard InChI is InChI=1S/C20H25FN2O2/c1-14(2)19-12-18(22-25-19)20(24)23-11-3-4-16(13-23)6-5-15-7-9-17(21)10-8-15/h7-10,12,14,16H,3-6,11,13H2,1-2H3/t16-/m0/s1. The summed E-state index contributed by atoms with van der Waals surface area (Å²) in [7, 11) is 0. The summed E-state index contributed by atoms with van der Waals surface area (Å²) < 4.78 is 18.2. The first-order valence-electron chi connectivity index (χ1n) is 9.03. The van der Waals surface area contributed by atoms with Crippen molar-refractivity contribution in [3.05, 3.63) is 53.2 Å². The van der Waals surface area contributed by atoms with Gasteiger partial charge in [-0.05, 0) is 49.3 Å². The summed E-state index contributed by atoms with van der Waals surface area (Å²) in [5.41, 5.74) is 1.55. The van der Waals surface area contributed by atoms with Gasteiger partial charge in [-0.1, -0.05) is 31.1 Å². The highest BCUT2D eigenvalue weighted by Gasteiger charge is 2.26. The number of carbonyl (C=O) groups is 1. The molecule has 1 aromatic heterocycles. The number of rotatable bonds is 5. The average Bonchev–Trinajstić information content (AvgIpc) is 3.11. The van der Waals surface area contributed by atoms with Crippen molar-refractivity contribution < 1.29 is 13.7 Å². The van der Waals surface area contributed by atoms with E-state index in [1.54, 1.807) is 6.07 Å². The first-order valence-corrected chi connectivity index (χ1v) is 9.03. The zero-order valence-corrected chi connectivity index (χ0v) is 14.9. The fraction of sp³-hybridized carbons (Fsp3) is 0.500. The van der Waals surface area contributed by atoms with Gasteiger partial charge in [0.05, 0.1) is 0 Å². The monoisotopic (exact) mass is 344 g/mol. The predicted octanol–water partition coefficient (Wildman–Crippen LogP) is 4.42. The van der Waals surface area contributed by atoms with Gasteiger partial charge in [0.1, 0.15) is 11.6 Å². The number of amides is 1. The van der Waals surface area contributed by atoms with E-state index >= 15 is 0 Å². The van der Waals surface area contributed by atoms with Crippen LogP contribution in [-0.4, -0.2) is 29.1 Å². The van der Waals surface area contributed by atoms with Crippen molar-refractivity contribution in [3.8, 4) is 0 Å². The van der Waals surface area contributed by atoms with Crippen LogP contribution < -0.4 is 0 Å². The molecule has 1 atom stereocenters. The number of likely N-dealkylation sites (tertiary alicyclic amines) is 1. The van der Waals surface area contributed by atoms with E-state index in [9.17, 15) is 9.18 Å². The maximum absolute atomic E-state index is 13.0. The summed E-state index contributed by atoms with van der Waals surface area (Å²) in [4.78, 5) is 14.5. The molecule has 1 aromatic carbocycles. The Kier molecular flexibility index (Phi) is 5.51. The van der Waals surface area contributed by atoms with Gasteiger partial charge in [-0.15, -0.1) is 0 Å². The minimum Gasteiger partial charge on any atom is -0.360 e. The number of benzene rings is 1. The first kappa shape index (κ1) is 17.6. The van der Waals surface area contributed by atoms with Gasteiger partial charge in [-0.25, -0.2) is 4.39 Å². The van der Waals surface area contributed by atoms with Crippen molar-refractivity contribution in [2.24, 2.45) is 5.92 Å². The van der Waals surface area contributed by atoms with Crippen LogP contribution in [0.1, 0.15) is 60.8 Å². The van der Waals surface area contributed by atoms with Gasteiger partial charge in [-0.2, -0.15) is 0 Å². The lowest BCUT2D eigenvalue weighted by Crippen LogP contribution is -2.40. The molecule has 2 heterocycles. The van der Waals surface area contributed by atoms with Crippen LogP contribution in [0.25, 0.3) is 0 Å². The number of aryl methyl sites for hydroxylation is 1. The lowest BCUT2D eigenvalue weighted by atomic mass is 9.91. The molecule has 4 nitrogen and oxygen atoms in total. The Balaban J connectivity index is 1.56. The van der Waals surface area contributed by atoms with Gasteiger partial charge in [0, 0.05) is 25.1 Å². The summed E-state index contributed by atoms with van der Waals surface area (Å²) in [5.74, 6) is 1.19. The van der Waals surface area contributed by atoms with Gasteiger partial charge in [0.15, 0.2) is 5.69 Å². The normalized spacial score (nSPS) is 17.9. The van der Waals surface area contributed by atoms with Gasteiger partial charge >= 0.3 is 0 Å². The molecule has 1 fully saturated rings. The van der Waals surface area contributed by atoms with Crippen LogP contribution in [0.2, 0.25) is 0 Å². The SMILES string of the molecule is CC(C)c1cc(C(=O)N2CCC[C@@H](CCc3ccc(F)cc3)C2)no1. The Morgan fingerprint density at radius 3 is 2.80 bits per heavy atom. The van der Waals surface area contributed by atoms with E-state index in [4.69, 9.17) is 4.52 Å². The maximum Gasteiger partial charge on any atom is 0.276 e. The summed E-state index contributed by atoms with van der Waals surface area (Å²) >= 11 is 0. The van der Waals surface area contributed by atoms with Gasteiger partial charge in [0.2, 0.25) is 0 Å². The quantitative estimate of drug-likeness (QED) is 0.806. The summed E-state index contributed by atoms with van der Waals surface area (Å²) in [6.45, 7) is 5.56. The third-order valence-electron chi connectivity index (χ3n) is 4.88. The van der Waals surface area contributed by atoms with Gasteiger partial charge < -0.3 is 9.42 Å². The van der Waals surface area contributed by atoms with E-state index in [1.807, 2.05) is 30.9 Å². The molecule has 0 aliphatic carbocycles. The highest BCUT2D eigenvalue weighted by molar-refractivity contribution is 5.92. The Hall–Kier alpha value is -2.17. The third-order valence-corrected chi connectivity index (χ3v) is 4.88. The molecule has 0 saturated carbocycles. The number of halogens is 1. The molecule has 1 saturated heterocycles. The molecule has 1 amide bonds. The summed E-state index contributed by atoms with van der Waals surface area (Å²) in [5, 5.41) is 3.94. The summed E-state index contributed by atoms with van der Waals surface area (Å²) in [6, 6.07) is 8.44. The molecular formula is C20H25FN2O2. The minimum absolute atomic E-state index is 0.0397. The molecule has 0 spiro atoms. The maximum atomic E-state index is 13.0. The van der Waals surface area contributed by atoms with E-state index in [0.717, 1.165) is 50.1 Å². The second-order valence-corrected chi connectivity index (χ2v) is 7.19. The Labute approximate surface area is 148 Å². The topological polar surface area (TPSA) is 46.3 Å². The van der Waals surface area contributed by atoms with E-state index in [0.29, 0.717) is 11.6 Å². The molecule has 1 aliphatic rings. The second-order valence-electron chi connectivity index (χ2n) is 7.19. The fourth-order valence-electron chi connectivity index (χ4n) is 3.33. The molecule has 25 heavy (non-hydrogen) atoms. The second kappa shape index (κ2) is 7.81. The Bertz CT molecular complexity index is 709. The fourth-order valence-corrected chi connectivity index (χ4v) is 3.33. The average molecular weight is 344 g/mol. The molecule has 3 rings (SSSR count). The molecule has 0 unspecified atom stereocenters. The zero-order valence-electron chi connectivity index (χ0n) is 14.9. The van der Waals surface area contributed by atoms with Crippen molar-refractivity contribution in [1.29, 1.82) is 0 Å². The van der Waals surface area contributed by atoms with Crippen molar-refractivity contribution in [2.75, 3.05) is 13.1 Å². The van der Waals surface area contributed by atoms with Gasteiger partial charge in [0.25, 0.3) is 5.91 Å². The van der Waals surface area contributed by atoms with Crippen molar-refractivity contribution >= 4 is 5.91 Å². The largest absolute Gasteiger partial charge is 0.360 e. The van der Waals surface area contributed by atoms with Crippen molar-refractivity contribution in [3.63, 3.8) is 0 Å². The first-order chi connectivity index (χ1) is 12.0. The summed E-state index contributed by atoms with van der Waals surface area (Å²) in [6.07, 6.45) is 4.05. The molecule has 5 heteroatoms. The Morgan fingerprint density at radius 2 is 2.12 bits per heavy atom.